The number of carbonyl (C=O) groups excluding carboxylic acids is 1. The van der Waals surface area contributed by atoms with E-state index in [0.717, 1.165) is 18.5 Å². The molecule has 2 atom stereocenters. The van der Waals surface area contributed by atoms with Crippen LogP contribution in [0.4, 0.5) is 5.69 Å². The normalized spacial score (nSPS) is 24.6. The molecule has 3 heteroatoms. The fraction of sp³-hybridized carbons (Fsp3) is 0.364. The minimum absolute atomic E-state index is 0.153. The maximum atomic E-state index is 10.5. The third-order valence-electron chi connectivity index (χ3n) is 2.60. The SMILES string of the molecule is C[C@@H]1C[C@H](NC=O)c2ccccc2N1. The quantitative estimate of drug-likeness (QED) is 0.696. The highest BCUT2D eigenvalue weighted by molar-refractivity contribution is 5.58. The van der Waals surface area contributed by atoms with Gasteiger partial charge in [-0.3, -0.25) is 4.79 Å². The van der Waals surface area contributed by atoms with Crippen molar-refractivity contribution < 1.29 is 4.79 Å². The Labute approximate surface area is 83.5 Å². The monoisotopic (exact) mass is 190 g/mol. The van der Waals surface area contributed by atoms with Gasteiger partial charge in [0.25, 0.3) is 0 Å². The number of nitrogens with one attached hydrogen (secondary N) is 2. The first-order valence-electron chi connectivity index (χ1n) is 4.86. The number of hydrogen-bond donors (Lipinski definition) is 2. The highest BCUT2D eigenvalue weighted by Crippen LogP contribution is 2.31. The molecule has 1 aromatic rings. The summed E-state index contributed by atoms with van der Waals surface area (Å²) >= 11 is 0. The molecule has 1 heterocycles. The van der Waals surface area contributed by atoms with Crippen molar-refractivity contribution >= 4 is 12.1 Å². The number of para-hydroxylation sites is 1. The number of rotatable bonds is 2. The number of anilines is 1. The van der Waals surface area contributed by atoms with E-state index in [9.17, 15) is 4.79 Å². The van der Waals surface area contributed by atoms with Crippen LogP contribution in [0.2, 0.25) is 0 Å². The van der Waals surface area contributed by atoms with Crippen molar-refractivity contribution in [2.45, 2.75) is 25.4 Å². The molecule has 2 N–H and O–H groups in total. The van der Waals surface area contributed by atoms with Gasteiger partial charge in [-0.1, -0.05) is 18.2 Å². The van der Waals surface area contributed by atoms with Gasteiger partial charge < -0.3 is 10.6 Å². The number of fused-ring (bicyclic) bond motifs is 1. The summed E-state index contributed by atoms with van der Waals surface area (Å²) in [5, 5.41) is 6.24. The summed E-state index contributed by atoms with van der Waals surface area (Å²) in [4.78, 5) is 10.5. The van der Waals surface area contributed by atoms with E-state index in [1.54, 1.807) is 0 Å². The predicted molar refractivity (Wildman–Crippen MR) is 56.1 cm³/mol. The van der Waals surface area contributed by atoms with Gasteiger partial charge in [0.05, 0.1) is 6.04 Å². The van der Waals surface area contributed by atoms with Crippen molar-refractivity contribution in [1.29, 1.82) is 0 Å². The van der Waals surface area contributed by atoms with Crippen molar-refractivity contribution in [2.24, 2.45) is 0 Å². The molecule has 0 radical (unpaired) electrons. The average molecular weight is 190 g/mol. The van der Waals surface area contributed by atoms with Crippen LogP contribution < -0.4 is 10.6 Å². The first-order valence-corrected chi connectivity index (χ1v) is 4.86. The van der Waals surface area contributed by atoms with Crippen molar-refractivity contribution in [1.82, 2.24) is 5.32 Å². The highest BCUT2D eigenvalue weighted by atomic mass is 16.1. The van der Waals surface area contributed by atoms with Gasteiger partial charge in [0.1, 0.15) is 0 Å². The van der Waals surface area contributed by atoms with Crippen molar-refractivity contribution in [2.75, 3.05) is 5.32 Å². The van der Waals surface area contributed by atoms with Crippen molar-refractivity contribution in [3.8, 4) is 0 Å². The van der Waals surface area contributed by atoms with Crippen LogP contribution in [0.25, 0.3) is 0 Å². The molecule has 14 heavy (non-hydrogen) atoms. The maximum absolute atomic E-state index is 10.5. The molecule has 0 unspecified atom stereocenters. The van der Waals surface area contributed by atoms with Gasteiger partial charge in [0, 0.05) is 11.7 Å². The van der Waals surface area contributed by atoms with Crippen LogP contribution in [0.3, 0.4) is 0 Å². The highest BCUT2D eigenvalue weighted by Gasteiger charge is 2.22. The van der Waals surface area contributed by atoms with Gasteiger partial charge in [0.2, 0.25) is 6.41 Å². The summed E-state index contributed by atoms with van der Waals surface area (Å²) in [6, 6.07) is 8.65. The first-order chi connectivity index (χ1) is 6.81. The molecule has 74 valence electrons. The van der Waals surface area contributed by atoms with Gasteiger partial charge in [0.15, 0.2) is 0 Å². The molecule has 0 fully saturated rings. The molecule has 1 aliphatic heterocycles. The third-order valence-corrected chi connectivity index (χ3v) is 2.60. The predicted octanol–water partition coefficient (Wildman–Crippen LogP) is 1.68. The van der Waals surface area contributed by atoms with Crippen LogP contribution in [0.5, 0.6) is 0 Å². The fourth-order valence-electron chi connectivity index (χ4n) is 1.98. The molecule has 0 aliphatic carbocycles. The topological polar surface area (TPSA) is 41.1 Å². The van der Waals surface area contributed by atoms with Crippen LogP contribution in [-0.2, 0) is 4.79 Å². The van der Waals surface area contributed by atoms with E-state index in [1.807, 2.05) is 18.2 Å². The lowest BCUT2D eigenvalue weighted by atomic mass is 9.94. The van der Waals surface area contributed by atoms with Crippen LogP contribution >= 0.6 is 0 Å². The Balaban J connectivity index is 2.33. The second kappa shape index (κ2) is 3.70. The molecule has 1 aromatic carbocycles. The molecular weight excluding hydrogens is 176 g/mol. The molecule has 1 amide bonds. The molecule has 0 bridgehead atoms. The van der Waals surface area contributed by atoms with Crippen molar-refractivity contribution in [3.63, 3.8) is 0 Å². The molecule has 2 rings (SSSR count). The molecule has 3 nitrogen and oxygen atoms in total. The molecule has 0 spiro atoms. The number of benzene rings is 1. The van der Waals surface area contributed by atoms with E-state index in [1.165, 1.54) is 5.56 Å². The van der Waals surface area contributed by atoms with E-state index in [-0.39, 0.29) is 6.04 Å². The zero-order valence-corrected chi connectivity index (χ0v) is 8.16. The fourth-order valence-corrected chi connectivity index (χ4v) is 1.98. The second-order valence-corrected chi connectivity index (χ2v) is 3.71. The second-order valence-electron chi connectivity index (χ2n) is 3.71. The van der Waals surface area contributed by atoms with E-state index in [4.69, 9.17) is 0 Å². The minimum Gasteiger partial charge on any atom is -0.382 e. The van der Waals surface area contributed by atoms with E-state index in [2.05, 4.69) is 23.6 Å². The van der Waals surface area contributed by atoms with Crippen LogP contribution in [0.1, 0.15) is 24.9 Å². The molecule has 0 saturated heterocycles. The Kier molecular flexibility index (Phi) is 2.39. The summed E-state index contributed by atoms with van der Waals surface area (Å²) < 4.78 is 0. The maximum Gasteiger partial charge on any atom is 0.207 e. The lowest BCUT2D eigenvalue weighted by molar-refractivity contribution is -0.110. The van der Waals surface area contributed by atoms with Gasteiger partial charge in [-0.2, -0.15) is 0 Å². The van der Waals surface area contributed by atoms with E-state index in [0.29, 0.717) is 6.04 Å². The average Bonchev–Trinajstić information content (AvgIpc) is 2.18. The Bertz CT molecular complexity index is 338. The Morgan fingerprint density at radius 1 is 1.50 bits per heavy atom. The molecular formula is C11H14N2O. The summed E-state index contributed by atoms with van der Waals surface area (Å²) in [6.07, 6.45) is 1.72. The van der Waals surface area contributed by atoms with E-state index >= 15 is 0 Å². The Morgan fingerprint density at radius 3 is 3.07 bits per heavy atom. The van der Waals surface area contributed by atoms with Crippen molar-refractivity contribution in [3.05, 3.63) is 29.8 Å². The lowest BCUT2D eigenvalue weighted by Crippen LogP contribution is -2.32. The number of carbonyl (C=O) groups is 1. The standard InChI is InChI=1S/C11H14N2O/c1-8-6-11(12-7-14)9-4-2-3-5-10(9)13-8/h2-5,7-8,11,13H,6H2,1H3,(H,12,14)/t8-,11+/m1/s1. The first kappa shape index (κ1) is 9.06. The van der Waals surface area contributed by atoms with Crippen LogP contribution in [0.15, 0.2) is 24.3 Å². The molecule has 1 aliphatic rings. The molecule has 0 aromatic heterocycles. The van der Waals surface area contributed by atoms with E-state index < -0.39 is 0 Å². The zero-order valence-electron chi connectivity index (χ0n) is 8.16. The van der Waals surface area contributed by atoms with Crippen LogP contribution in [-0.4, -0.2) is 12.5 Å². The van der Waals surface area contributed by atoms with Gasteiger partial charge in [-0.05, 0) is 25.0 Å². The molecule has 0 saturated carbocycles. The van der Waals surface area contributed by atoms with Gasteiger partial charge in [-0.15, -0.1) is 0 Å². The lowest BCUT2D eigenvalue weighted by Gasteiger charge is -2.30. The van der Waals surface area contributed by atoms with Gasteiger partial charge >= 0.3 is 0 Å². The summed E-state index contributed by atoms with van der Waals surface area (Å²) in [5.41, 5.74) is 2.31. The summed E-state index contributed by atoms with van der Waals surface area (Å²) in [5.74, 6) is 0. The minimum atomic E-state index is 0.153. The number of hydrogen-bond acceptors (Lipinski definition) is 2. The van der Waals surface area contributed by atoms with Gasteiger partial charge in [-0.25, -0.2) is 0 Å². The van der Waals surface area contributed by atoms with Crippen LogP contribution in [0, 0.1) is 0 Å². The third kappa shape index (κ3) is 1.58. The summed E-state index contributed by atoms with van der Waals surface area (Å²) in [6.45, 7) is 2.12. The zero-order chi connectivity index (χ0) is 9.97. The largest absolute Gasteiger partial charge is 0.382 e. The Hall–Kier alpha value is -1.51. The smallest absolute Gasteiger partial charge is 0.207 e. The Morgan fingerprint density at radius 2 is 2.29 bits per heavy atom. The number of amides is 1. The summed E-state index contributed by atoms with van der Waals surface area (Å²) in [7, 11) is 0.